The molecule has 136 valence electrons. The third-order valence-electron chi connectivity index (χ3n) is 3.68. The largest absolute Gasteiger partial charge is 0.416 e. The Morgan fingerprint density at radius 1 is 1.08 bits per heavy atom. The number of nitrogens with one attached hydrogen (secondary N) is 2. The van der Waals surface area contributed by atoms with Crippen molar-refractivity contribution in [3.05, 3.63) is 60.6 Å². The van der Waals surface area contributed by atoms with E-state index in [1.54, 1.807) is 6.33 Å². The van der Waals surface area contributed by atoms with Gasteiger partial charge in [0.25, 0.3) is 0 Å². The molecule has 2 N–H and O–H groups in total. The summed E-state index contributed by atoms with van der Waals surface area (Å²) in [5, 5.41) is 3.18. The SMILES string of the molecule is CNSc1ccc(Nc2ccc(C(F)(F)F)cc2)c(-c2cn(C)cn2)c1. The highest BCUT2D eigenvalue weighted by atomic mass is 32.2. The van der Waals surface area contributed by atoms with E-state index in [-0.39, 0.29) is 0 Å². The predicted molar refractivity (Wildman–Crippen MR) is 98.3 cm³/mol. The average molecular weight is 378 g/mol. The fraction of sp³-hybridized carbons (Fsp3) is 0.167. The van der Waals surface area contributed by atoms with E-state index < -0.39 is 11.7 Å². The summed E-state index contributed by atoms with van der Waals surface area (Å²) in [5.41, 5.74) is 2.31. The highest BCUT2D eigenvalue weighted by molar-refractivity contribution is 7.97. The zero-order valence-corrected chi connectivity index (χ0v) is 14.9. The van der Waals surface area contributed by atoms with Crippen LogP contribution in [0.3, 0.4) is 0 Å². The second-order valence-electron chi connectivity index (χ2n) is 5.64. The van der Waals surface area contributed by atoms with Crippen molar-refractivity contribution in [1.29, 1.82) is 0 Å². The standard InChI is InChI=1S/C18H17F3N4S/c1-22-26-14-7-8-16(15(9-14)17-10-25(2)11-23-17)24-13-5-3-12(4-6-13)18(19,20)21/h3-11,22,24H,1-2H3. The summed E-state index contributed by atoms with van der Waals surface area (Å²) in [6.45, 7) is 0. The number of rotatable bonds is 5. The number of aromatic nitrogens is 2. The van der Waals surface area contributed by atoms with Gasteiger partial charge in [-0.05, 0) is 61.5 Å². The summed E-state index contributed by atoms with van der Waals surface area (Å²) in [5.74, 6) is 0. The molecule has 26 heavy (non-hydrogen) atoms. The van der Waals surface area contributed by atoms with Gasteiger partial charge < -0.3 is 9.88 Å². The summed E-state index contributed by atoms with van der Waals surface area (Å²) in [6, 6.07) is 10.8. The molecular formula is C18H17F3N4S. The molecule has 2 aromatic carbocycles. The summed E-state index contributed by atoms with van der Waals surface area (Å²) < 4.78 is 43.0. The van der Waals surface area contributed by atoms with Gasteiger partial charge in [0, 0.05) is 35.1 Å². The van der Waals surface area contributed by atoms with E-state index in [1.165, 1.54) is 24.1 Å². The Bertz CT molecular complexity index is 888. The molecule has 0 atom stereocenters. The Balaban J connectivity index is 1.94. The van der Waals surface area contributed by atoms with Crippen LogP contribution < -0.4 is 10.0 Å². The van der Waals surface area contributed by atoms with Gasteiger partial charge >= 0.3 is 6.18 Å². The van der Waals surface area contributed by atoms with Crippen LogP contribution in [0.4, 0.5) is 24.5 Å². The smallest absolute Gasteiger partial charge is 0.355 e. The number of hydrogen-bond acceptors (Lipinski definition) is 4. The molecule has 3 aromatic rings. The molecule has 1 heterocycles. The van der Waals surface area contributed by atoms with E-state index in [2.05, 4.69) is 15.0 Å². The van der Waals surface area contributed by atoms with Gasteiger partial charge in [-0.25, -0.2) is 4.98 Å². The fourth-order valence-electron chi connectivity index (χ4n) is 2.48. The Kier molecular flexibility index (Phi) is 5.24. The molecule has 0 fully saturated rings. The van der Waals surface area contributed by atoms with Crippen molar-refractivity contribution in [2.75, 3.05) is 12.4 Å². The molecule has 0 spiro atoms. The molecule has 1 aromatic heterocycles. The van der Waals surface area contributed by atoms with Crippen molar-refractivity contribution in [3.8, 4) is 11.3 Å². The van der Waals surface area contributed by atoms with Gasteiger partial charge in [0.05, 0.1) is 17.6 Å². The summed E-state index contributed by atoms with van der Waals surface area (Å²) in [6.07, 6.45) is -0.750. The van der Waals surface area contributed by atoms with E-state index in [4.69, 9.17) is 0 Å². The van der Waals surface area contributed by atoms with Crippen LogP contribution in [0.1, 0.15) is 5.56 Å². The normalized spacial score (nSPS) is 11.6. The second kappa shape index (κ2) is 7.43. The van der Waals surface area contributed by atoms with Crippen LogP contribution in [-0.2, 0) is 13.2 Å². The van der Waals surface area contributed by atoms with Crippen molar-refractivity contribution in [2.45, 2.75) is 11.1 Å². The predicted octanol–water partition coefficient (Wildman–Crippen LogP) is 5.08. The summed E-state index contributed by atoms with van der Waals surface area (Å²) >= 11 is 1.47. The molecule has 0 bridgehead atoms. The maximum Gasteiger partial charge on any atom is 0.416 e. The molecule has 0 unspecified atom stereocenters. The number of aryl methyl sites for hydroxylation is 1. The molecule has 0 aliphatic rings. The monoisotopic (exact) mass is 378 g/mol. The van der Waals surface area contributed by atoms with Crippen LogP contribution in [0.15, 0.2) is 59.9 Å². The van der Waals surface area contributed by atoms with Crippen molar-refractivity contribution in [1.82, 2.24) is 14.3 Å². The Hall–Kier alpha value is -2.45. The lowest BCUT2D eigenvalue weighted by Gasteiger charge is -2.13. The van der Waals surface area contributed by atoms with Crippen LogP contribution in [0.25, 0.3) is 11.3 Å². The Labute approximate surface area is 153 Å². The first-order valence-electron chi connectivity index (χ1n) is 7.77. The van der Waals surface area contributed by atoms with Gasteiger partial charge in [-0.1, -0.05) is 0 Å². The van der Waals surface area contributed by atoms with Crippen molar-refractivity contribution < 1.29 is 13.2 Å². The molecule has 4 nitrogen and oxygen atoms in total. The van der Waals surface area contributed by atoms with E-state index >= 15 is 0 Å². The van der Waals surface area contributed by atoms with Crippen LogP contribution in [0, 0.1) is 0 Å². The molecule has 0 saturated heterocycles. The molecule has 3 rings (SSSR count). The van der Waals surface area contributed by atoms with Crippen LogP contribution in [0.2, 0.25) is 0 Å². The molecule has 8 heteroatoms. The zero-order valence-electron chi connectivity index (χ0n) is 14.1. The number of benzene rings is 2. The maximum absolute atomic E-state index is 12.7. The van der Waals surface area contributed by atoms with Crippen molar-refractivity contribution >= 4 is 23.3 Å². The van der Waals surface area contributed by atoms with Crippen LogP contribution >= 0.6 is 11.9 Å². The van der Waals surface area contributed by atoms with E-state index in [0.29, 0.717) is 5.69 Å². The molecule has 0 amide bonds. The zero-order chi connectivity index (χ0) is 18.7. The summed E-state index contributed by atoms with van der Waals surface area (Å²) in [7, 11) is 3.71. The average Bonchev–Trinajstić information content (AvgIpc) is 3.02. The van der Waals surface area contributed by atoms with Gasteiger partial charge in [-0.3, -0.25) is 4.72 Å². The van der Waals surface area contributed by atoms with E-state index in [0.717, 1.165) is 34.0 Å². The molecule has 0 radical (unpaired) electrons. The van der Waals surface area contributed by atoms with Gasteiger partial charge in [0.1, 0.15) is 0 Å². The molecule has 0 aliphatic heterocycles. The number of alkyl halides is 3. The minimum Gasteiger partial charge on any atom is -0.355 e. The third-order valence-corrected chi connectivity index (χ3v) is 4.38. The number of hydrogen-bond donors (Lipinski definition) is 2. The lowest BCUT2D eigenvalue weighted by atomic mass is 10.1. The first-order chi connectivity index (χ1) is 12.4. The third kappa shape index (κ3) is 4.20. The number of halogens is 3. The van der Waals surface area contributed by atoms with Crippen molar-refractivity contribution in [2.24, 2.45) is 7.05 Å². The minimum atomic E-state index is -4.34. The number of anilines is 2. The van der Waals surface area contributed by atoms with Gasteiger partial charge in [-0.15, -0.1) is 0 Å². The quantitative estimate of drug-likeness (QED) is 0.608. The highest BCUT2D eigenvalue weighted by Gasteiger charge is 2.29. The number of nitrogens with zero attached hydrogens (tertiary/aromatic N) is 2. The van der Waals surface area contributed by atoms with Gasteiger partial charge in [0.15, 0.2) is 0 Å². The Morgan fingerprint density at radius 3 is 2.38 bits per heavy atom. The Morgan fingerprint density at radius 2 is 1.81 bits per heavy atom. The van der Waals surface area contributed by atoms with E-state index in [1.807, 2.05) is 43.1 Å². The minimum absolute atomic E-state index is 0.573. The van der Waals surface area contributed by atoms with Gasteiger partial charge in [-0.2, -0.15) is 13.2 Å². The molecule has 0 saturated carbocycles. The lowest BCUT2D eigenvalue weighted by Crippen LogP contribution is -2.04. The fourth-order valence-corrected chi connectivity index (χ4v) is 3.02. The second-order valence-corrected chi connectivity index (χ2v) is 6.72. The van der Waals surface area contributed by atoms with E-state index in [9.17, 15) is 13.2 Å². The van der Waals surface area contributed by atoms with Crippen LogP contribution in [0.5, 0.6) is 0 Å². The lowest BCUT2D eigenvalue weighted by molar-refractivity contribution is -0.137. The van der Waals surface area contributed by atoms with Gasteiger partial charge in [0.2, 0.25) is 0 Å². The van der Waals surface area contributed by atoms with Crippen LogP contribution in [-0.4, -0.2) is 16.6 Å². The topological polar surface area (TPSA) is 41.9 Å². The highest BCUT2D eigenvalue weighted by Crippen LogP contribution is 2.34. The maximum atomic E-state index is 12.7. The first-order valence-corrected chi connectivity index (χ1v) is 8.59. The molecular weight excluding hydrogens is 361 g/mol. The van der Waals surface area contributed by atoms with Crippen molar-refractivity contribution in [3.63, 3.8) is 0 Å². The summed E-state index contributed by atoms with van der Waals surface area (Å²) in [4.78, 5) is 5.39. The molecule has 0 aliphatic carbocycles. The number of imidazole rings is 1. The first kappa shape index (κ1) is 18.3.